The van der Waals surface area contributed by atoms with Gasteiger partial charge in [0, 0.05) is 11.6 Å². The summed E-state index contributed by atoms with van der Waals surface area (Å²) in [6.07, 6.45) is 3.25. The number of allylic oxidation sites excluding steroid dienone is 2. The molecule has 0 N–H and O–H groups in total. The summed E-state index contributed by atoms with van der Waals surface area (Å²) in [5, 5.41) is 0. The fraction of sp³-hybridized carbons (Fsp3) is 0.316. The first-order valence-electron chi connectivity index (χ1n) is 7.89. The van der Waals surface area contributed by atoms with Crippen molar-refractivity contribution in [2.24, 2.45) is 11.8 Å². The lowest BCUT2D eigenvalue weighted by molar-refractivity contribution is -0.130. The number of nitrogens with zero attached hydrogens (tertiary/aromatic N) is 1. The smallest absolute Gasteiger partial charge is 0.338 e. The average Bonchev–Trinajstić information content (AvgIpc) is 2.78. The van der Waals surface area contributed by atoms with Crippen molar-refractivity contribution in [1.82, 2.24) is 0 Å². The van der Waals surface area contributed by atoms with Crippen LogP contribution in [0.25, 0.3) is 0 Å². The summed E-state index contributed by atoms with van der Waals surface area (Å²) in [4.78, 5) is 38.2. The Kier molecular flexibility index (Phi) is 4.09. The predicted octanol–water partition coefficient (Wildman–Crippen LogP) is 3.01. The number of esters is 1. The Bertz CT molecular complexity index is 777. The maximum atomic E-state index is 12.7. The van der Waals surface area contributed by atoms with E-state index in [1.165, 1.54) is 11.0 Å². The monoisotopic (exact) mass is 325 g/mol. The van der Waals surface area contributed by atoms with Crippen molar-refractivity contribution in [2.45, 2.75) is 26.7 Å². The van der Waals surface area contributed by atoms with Crippen LogP contribution in [0.15, 0.2) is 48.1 Å². The molecule has 1 aromatic carbocycles. The van der Waals surface area contributed by atoms with E-state index in [4.69, 9.17) is 4.74 Å². The Morgan fingerprint density at radius 3 is 2.67 bits per heavy atom. The van der Waals surface area contributed by atoms with E-state index in [-0.39, 0.29) is 35.0 Å². The molecule has 24 heavy (non-hydrogen) atoms. The third-order valence-electron chi connectivity index (χ3n) is 4.46. The first-order chi connectivity index (χ1) is 11.4. The summed E-state index contributed by atoms with van der Waals surface area (Å²) in [6.45, 7) is 7.07. The van der Waals surface area contributed by atoms with Gasteiger partial charge in [0.05, 0.1) is 17.5 Å². The van der Waals surface area contributed by atoms with Crippen LogP contribution >= 0.6 is 0 Å². The van der Waals surface area contributed by atoms with Gasteiger partial charge >= 0.3 is 5.97 Å². The Balaban J connectivity index is 1.87. The molecule has 2 atom stereocenters. The summed E-state index contributed by atoms with van der Waals surface area (Å²) >= 11 is 0. The minimum atomic E-state index is -0.542. The number of rotatable bonds is 3. The third-order valence-corrected chi connectivity index (χ3v) is 4.46. The van der Waals surface area contributed by atoms with Gasteiger partial charge in [0.1, 0.15) is 5.75 Å². The Morgan fingerprint density at radius 1 is 1.25 bits per heavy atom. The van der Waals surface area contributed by atoms with Gasteiger partial charge in [0.25, 0.3) is 0 Å². The van der Waals surface area contributed by atoms with E-state index in [1.807, 2.05) is 13.0 Å². The first-order valence-corrected chi connectivity index (χ1v) is 7.89. The SMILES string of the molecule is C=C(C)C(=O)Oc1cccc(N2C(=O)[C@H]3CC(C)=CC[C@H]3C2=O)c1. The maximum absolute atomic E-state index is 12.7. The third kappa shape index (κ3) is 2.77. The van der Waals surface area contributed by atoms with Crippen molar-refractivity contribution in [2.75, 3.05) is 4.90 Å². The largest absolute Gasteiger partial charge is 0.423 e. The van der Waals surface area contributed by atoms with E-state index in [2.05, 4.69) is 6.58 Å². The molecule has 3 rings (SSSR count). The van der Waals surface area contributed by atoms with E-state index in [1.54, 1.807) is 25.1 Å². The summed E-state index contributed by atoms with van der Waals surface area (Å²) in [6, 6.07) is 6.47. The standard InChI is InChI=1S/C19H19NO4/c1-11(2)19(23)24-14-6-4-5-13(10-14)20-17(21)15-8-7-12(3)9-16(15)18(20)22/h4-7,10,15-16H,1,8-9H2,2-3H3/t15-,16+/m1/s1. The van der Waals surface area contributed by atoms with Gasteiger partial charge in [-0.05, 0) is 38.8 Å². The maximum Gasteiger partial charge on any atom is 0.338 e. The van der Waals surface area contributed by atoms with Crippen LogP contribution in [0.2, 0.25) is 0 Å². The Morgan fingerprint density at radius 2 is 1.96 bits per heavy atom. The summed E-state index contributed by atoms with van der Waals surface area (Å²) in [5.41, 5.74) is 1.86. The van der Waals surface area contributed by atoms with Crippen LogP contribution in [-0.4, -0.2) is 17.8 Å². The second kappa shape index (κ2) is 6.07. The zero-order valence-corrected chi connectivity index (χ0v) is 13.7. The van der Waals surface area contributed by atoms with E-state index in [9.17, 15) is 14.4 Å². The predicted molar refractivity (Wildman–Crippen MR) is 89.4 cm³/mol. The molecule has 1 saturated heterocycles. The second-order valence-electron chi connectivity index (χ2n) is 6.38. The van der Waals surface area contributed by atoms with Gasteiger partial charge in [-0.25, -0.2) is 9.69 Å². The van der Waals surface area contributed by atoms with Crippen LogP contribution in [0.3, 0.4) is 0 Å². The van der Waals surface area contributed by atoms with Crippen molar-refractivity contribution in [1.29, 1.82) is 0 Å². The second-order valence-corrected chi connectivity index (χ2v) is 6.38. The van der Waals surface area contributed by atoms with Gasteiger partial charge in [-0.2, -0.15) is 0 Å². The summed E-state index contributed by atoms with van der Waals surface area (Å²) < 4.78 is 5.18. The highest BCUT2D eigenvalue weighted by Gasteiger charge is 2.48. The number of benzene rings is 1. The lowest BCUT2D eigenvalue weighted by Gasteiger charge is -2.18. The molecule has 0 aromatic heterocycles. The van der Waals surface area contributed by atoms with Crippen molar-refractivity contribution in [3.05, 3.63) is 48.1 Å². The van der Waals surface area contributed by atoms with E-state index >= 15 is 0 Å². The molecule has 2 amide bonds. The zero-order valence-electron chi connectivity index (χ0n) is 13.7. The Labute approximate surface area is 140 Å². The normalized spacial score (nSPS) is 22.9. The number of carbonyl (C=O) groups excluding carboxylic acids is 3. The molecule has 0 saturated carbocycles. The molecule has 0 bridgehead atoms. The number of carbonyl (C=O) groups is 3. The lowest BCUT2D eigenvalue weighted by Crippen LogP contribution is -2.30. The molecule has 0 unspecified atom stereocenters. The van der Waals surface area contributed by atoms with Crippen LogP contribution < -0.4 is 9.64 Å². The molecule has 1 heterocycles. The molecule has 1 fully saturated rings. The number of fused-ring (bicyclic) bond motifs is 1. The zero-order chi connectivity index (χ0) is 17.4. The molecule has 1 aliphatic carbocycles. The van der Waals surface area contributed by atoms with Gasteiger partial charge in [-0.3, -0.25) is 9.59 Å². The number of hydrogen-bond acceptors (Lipinski definition) is 4. The Hall–Kier alpha value is -2.69. The van der Waals surface area contributed by atoms with Crippen molar-refractivity contribution < 1.29 is 19.1 Å². The number of imide groups is 1. The molecule has 0 spiro atoms. The molecule has 5 nitrogen and oxygen atoms in total. The van der Waals surface area contributed by atoms with Crippen LogP contribution in [0.1, 0.15) is 26.7 Å². The lowest BCUT2D eigenvalue weighted by atomic mass is 9.82. The van der Waals surface area contributed by atoms with Gasteiger partial charge in [-0.1, -0.05) is 24.3 Å². The van der Waals surface area contributed by atoms with Crippen molar-refractivity contribution >= 4 is 23.5 Å². The number of amides is 2. The van der Waals surface area contributed by atoms with Crippen LogP contribution in [0, 0.1) is 11.8 Å². The summed E-state index contributed by atoms with van der Waals surface area (Å²) in [5.74, 6) is -1.20. The molecule has 0 radical (unpaired) electrons. The average molecular weight is 325 g/mol. The molecule has 1 aliphatic heterocycles. The van der Waals surface area contributed by atoms with Gasteiger partial charge in [-0.15, -0.1) is 0 Å². The first kappa shape index (κ1) is 16.2. The van der Waals surface area contributed by atoms with E-state index in [0.717, 1.165) is 5.57 Å². The van der Waals surface area contributed by atoms with Crippen LogP contribution in [-0.2, 0) is 14.4 Å². The highest BCUT2D eigenvalue weighted by atomic mass is 16.5. The quantitative estimate of drug-likeness (QED) is 0.282. The van der Waals surface area contributed by atoms with Gasteiger partial charge < -0.3 is 4.74 Å². The topological polar surface area (TPSA) is 63.7 Å². The van der Waals surface area contributed by atoms with Crippen molar-refractivity contribution in [3.63, 3.8) is 0 Å². The minimum Gasteiger partial charge on any atom is -0.423 e. The number of anilines is 1. The highest BCUT2D eigenvalue weighted by Crippen LogP contribution is 2.40. The fourth-order valence-corrected chi connectivity index (χ4v) is 3.17. The van der Waals surface area contributed by atoms with E-state index < -0.39 is 5.97 Å². The van der Waals surface area contributed by atoms with Crippen LogP contribution in [0.5, 0.6) is 5.75 Å². The van der Waals surface area contributed by atoms with E-state index in [0.29, 0.717) is 18.5 Å². The molecule has 1 aromatic rings. The summed E-state index contributed by atoms with van der Waals surface area (Å²) in [7, 11) is 0. The van der Waals surface area contributed by atoms with Crippen molar-refractivity contribution in [3.8, 4) is 5.75 Å². The minimum absolute atomic E-state index is 0.180. The van der Waals surface area contributed by atoms with Crippen LogP contribution in [0.4, 0.5) is 5.69 Å². The van der Waals surface area contributed by atoms with Gasteiger partial charge in [0.2, 0.25) is 11.8 Å². The fourth-order valence-electron chi connectivity index (χ4n) is 3.17. The molecular weight excluding hydrogens is 306 g/mol. The number of ether oxygens (including phenoxy) is 1. The number of hydrogen-bond donors (Lipinski definition) is 0. The molecule has 5 heteroatoms. The molecule has 124 valence electrons. The highest BCUT2D eigenvalue weighted by molar-refractivity contribution is 6.22. The molecular formula is C19H19NO4. The van der Waals surface area contributed by atoms with Gasteiger partial charge in [0.15, 0.2) is 0 Å². The molecule has 2 aliphatic rings.